The molecular formula is C18H26N2O2S. The van der Waals surface area contributed by atoms with Crippen LogP contribution in [0.1, 0.15) is 66.6 Å². The molecule has 4 nitrogen and oxygen atoms in total. The third-order valence-electron chi connectivity index (χ3n) is 5.31. The van der Waals surface area contributed by atoms with Crippen LogP contribution < -0.4 is 10.9 Å². The molecule has 5 heteroatoms. The lowest BCUT2D eigenvalue weighted by molar-refractivity contribution is -0.128. The molecule has 1 atom stereocenters. The van der Waals surface area contributed by atoms with E-state index < -0.39 is 0 Å². The summed E-state index contributed by atoms with van der Waals surface area (Å²) in [5, 5.41) is 0. The highest BCUT2D eigenvalue weighted by Gasteiger charge is 2.30. The van der Waals surface area contributed by atoms with E-state index in [9.17, 15) is 9.59 Å². The maximum absolute atomic E-state index is 12.3. The van der Waals surface area contributed by atoms with Crippen molar-refractivity contribution in [2.75, 3.05) is 0 Å². The minimum absolute atomic E-state index is 0.0567. The Balaban J connectivity index is 1.60. The molecule has 1 aromatic heterocycles. The highest BCUT2D eigenvalue weighted by Crippen LogP contribution is 2.40. The average Bonchev–Trinajstić information content (AvgIpc) is 2.84. The van der Waals surface area contributed by atoms with Gasteiger partial charge in [0.1, 0.15) is 0 Å². The first-order valence-corrected chi connectivity index (χ1v) is 9.38. The molecule has 0 saturated heterocycles. The molecule has 1 unspecified atom stereocenters. The van der Waals surface area contributed by atoms with Gasteiger partial charge >= 0.3 is 0 Å². The largest absolute Gasteiger partial charge is 0.279 e. The van der Waals surface area contributed by atoms with Crippen molar-refractivity contribution in [1.29, 1.82) is 0 Å². The first-order chi connectivity index (χ1) is 10.8. The van der Waals surface area contributed by atoms with Crippen molar-refractivity contribution in [1.82, 2.24) is 10.9 Å². The molecule has 2 aliphatic rings. The van der Waals surface area contributed by atoms with E-state index in [0.717, 1.165) is 32.1 Å². The van der Waals surface area contributed by atoms with Gasteiger partial charge in [0, 0.05) is 10.8 Å². The number of fused-ring (bicyclic) bond motifs is 1. The smallest absolute Gasteiger partial charge is 0.273 e. The second-order valence-corrected chi connectivity index (χ2v) is 9.07. The Morgan fingerprint density at radius 1 is 1.17 bits per heavy atom. The van der Waals surface area contributed by atoms with Crippen LogP contribution in [-0.2, 0) is 17.6 Å². The van der Waals surface area contributed by atoms with E-state index in [2.05, 4.69) is 31.6 Å². The van der Waals surface area contributed by atoms with Crippen LogP contribution in [0.5, 0.6) is 0 Å². The van der Waals surface area contributed by atoms with Crippen LogP contribution >= 0.6 is 11.3 Å². The summed E-state index contributed by atoms with van der Waals surface area (Å²) in [6.07, 6.45) is 6.28. The average molecular weight is 334 g/mol. The Kier molecular flexibility index (Phi) is 4.50. The lowest BCUT2D eigenvalue weighted by Crippen LogP contribution is -2.45. The zero-order valence-electron chi connectivity index (χ0n) is 14.2. The zero-order valence-corrected chi connectivity index (χ0v) is 15.0. The third kappa shape index (κ3) is 3.60. The number of hydrazine groups is 1. The molecule has 23 heavy (non-hydrogen) atoms. The summed E-state index contributed by atoms with van der Waals surface area (Å²) in [6, 6.07) is 2.02. The zero-order chi connectivity index (χ0) is 16.6. The van der Waals surface area contributed by atoms with Gasteiger partial charge in [-0.05, 0) is 55.1 Å². The molecule has 1 fully saturated rings. The Bertz CT molecular complexity index is 611. The molecule has 1 heterocycles. The summed E-state index contributed by atoms with van der Waals surface area (Å²) in [5.41, 5.74) is 6.76. The number of aryl methyl sites for hydroxylation is 1. The van der Waals surface area contributed by atoms with Gasteiger partial charge in [0.2, 0.25) is 5.91 Å². The van der Waals surface area contributed by atoms with Gasteiger partial charge < -0.3 is 0 Å². The second-order valence-electron chi connectivity index (χ2n) is 7.94. The van der Waals surface area contributed by atoms with Crippen LogP contribution in [0.2, 0.25) is 0 Å². The van der Waals surface area contributed by atoms with Gasteiger partial charge in [-0.2, -0.15) is 0 Å². The highest BCUT2D eigenvalue weighted by atomic mass is 32.1. The predicted molar refractivity (Wildman–Crippen MR) is 92.2 cm³/mol. The molecule has 2 N–H and O–H groups in total. The van der Waals surface area contributed by atoms with Crippen LogP contribution in [-0.4, -0.2) is 11.8 Å². The van der Waals surface area contributed by atoms with E-state index in [1.54, 1.807) is 11.3 Å². The number of carbonyl (C=O) groups excluding carboxylic acids is 2. The van der Waals surface area contributed by atoms with Gasteiger partial charge in [-0.25, -0.2) is 0 Å². The minimum atomic E-state index is -0.190. The maximum atomic E-state index is 12.3. The van der Waals surface area contributed by atoms with Gasteiger partial charge in [0.25, 0.3) is 5.91 Å². The first kappa shape index (κ1) is 16.5. The summed E-state index contributed by atoms with van der Waals surface area (Å²) < 4.78 is 0. The van der Waals surface area contributed by atoms with Crippen molar-refractivity contribution in [3.8, 4) is 0 Å². The van der Waals surface area contributed by atoms with Crippen LogP contribution in [0.15, 0.2) is 6.07 Å². The molecule has 0 radical (unpaired) electrons. The van der Waals surface area contributed by atoms with Gasteiger partial charge in [-0.1, -0.05) is 27.2 Å². The number of hydrogen-bond acceptors (Lipinski definition) is 3. The molecule has 3 rings (SSSR count). The molecule has 1 saturated carbocycles. The van der Waals surface area contributed by atoms with Crippen molar-refractivity contribution >= 4 is 23.2 Å². The Hall–Kier alpha value is -1.36. The van der Waals surface area contributed by atoms with E-state index >= 15 is 0 Å². The predicted octanol–water partition coefficient (Wildman–Crippen LogP) is 3.46. The second kappa shape index (κ2) is 6.27. The van der Waals surface area contributed by atoms with Crippen molar-refractivity contribution in [2.45, 2.75) is 59.3 Å². The van der Waals surface area contributed by atoms with E-state index in [0.29, 0.717) is 16.2 Å². The Morgan fingerprint density at radius 3 is 2.52 bits per heavy atom. The van der Waals surface area contributed by atoms with Gasteiger partial charge in [-0.15, -0.1) is 11.3 Å². The van der Waals surface area contributed by atoms with Crippen LogP contribution in [0.25, 0.3) is 0 Å². The lowest BCUT2D eigenvalue weighted by atomic mass is 9.72. The fraction of sp³-hybridized carbons (Fsp3) is 0.667. The number of rotatable bonds is 2. The summed E-state index contributed by atoms with van der Waals surface area (Å²) in [4.78, 5) is 26.1. The number of nitrogens with one attached hydrogen (secondary N) is 2. The number of carbonyl (C=O) groups is 2. The van der Waals surface area contributed by atoms with Gasteiger partial charge in [0.15, 0.2) is 0 Å². The topological polar surface area (TPSA) is 58.2 Å². The molecule has 1 aromatic rings. The van der Waals surface area contributed by atoms with E-state index in [1.807, 2.05) is 6.07 Å². The third-order valence-corrected chi connectivity index (χ3v) is 6.54. The number of thiophene rings is 1. The molecule has 0 spiro atoms. The summed E-state index contributed by atoms with van der Waals surface area (Å²) in [5.74, 6) is 0.501. The number of hydrogen-bond donors (Lipinski definition) is 2. The normalized spacial score (nSPS) is 21.3. The van der Waals surface area contributed by atoms with E-state index in [1.165, 1.54) is 16.9 Å². The molecular weight excluding hydrogens is 308 g/mol. The quantitative estimate of drug-likeness (QED) is 0.814. The molecule has 126 valence electrons. The molecule has 2 aliphatic carbocycles. The summed E-state index contributed by atoms with van der Waals surface area (Å²) in [7, 11) is 0. The van der Waals surface area contributed by atoms with Gasteiger partial charge in [-0.3, -0.25) is 20.4 Å². The monoisotopic (exact) mass is 334 g/mol. The van der Waals surface area contributed by atoms with Crippen molar-refractivity contribution in [3.05, 3.63) is 21.4 Å². The van der Waals surface area contributed by atoms with Gasteiger partial charge in [0.05, 0.1) is 4.88 Å². The van der Waals surface area contributed by atoms with E-state index in [4.69, 9.17) is 0 Å². The van der Waals surface area contributed by atoms with E-state index in [-0.39, 0.29) is 17.7 Å². The standard InChI is InChI=1S/C18H26N2O2S/c1-18(2,3)13-7-8-14-12(9-13)10-15(23-14)17(22)20-19-16(21)11-5-4-6-11/h10-11,13H,4-9H2,1-3H3,(H,19,21)(H,20,22). The van der Waals surface area contributed by atoms with Crippen LogP contribution in [0.4, 0.5) is 0 Å². The Morgan fingerprint density at radius 2 is 1.91 bits per heavy atom. The van der Waals surface area contributed by atoms with Crippen molar-refractivity contribution in [2.24, 2.45) is 17.3 Å². The highest BCUT2D eigenvalue weighted by molar-refractivity contribution is 7.14. The molecule has 0 aliphatic heterocycles. The fourth-order valence-corrected chi connectivity index (χ4v) is 4.43. The van der Waals surface area contributed by atoms with Crippen molar-refractivity contribution in [3.63, 3.8) is 0 Å². The summed E-state index contributed by atoms with van der Waals surface area (Å²) in [6.45, 7) is 6.87. The maximum Gasteiger partial charge on any atom is 0.279 e. The number of amides is 2. The molecule has 0 bridgehead atoms. The SMILES string of the molecule is CC(C)(C)C1CCc2sc(C(=O)NNC(=O)C3CCC3)cc2C1. The fourth-order valence-electron chi connectivity index (χ4n) is 3.33. The minimum Gasteiger partial charge on any atom is -0.273 e. The first-order valence-electron chi connectivity index (χ1n) is 8.56. The van der Waals surface area contributed by atoms with Crippen molar-refractivity contribution < 1.29 is 9.59 Å². The van der Waals surface area contributed by atoms with Crippen LogP contribution in [0.3, 0.4) is 0 Å². The van der Waals surface area contributed by atoms with Crippen LogP contribution in [0, 0.1) is 17.3 Å². The lowest BCUT2D eigenvalue weighted by Gasteiger charge is -2.33. The Labute approximate surface area is 142 Å². The molecule has 2 amide bonds. The molecule has 0 aromatic carbocycles. The summed E-state index contributed by atoms with van der Waals surface area (Å²) >= 11 is 1.57.